The van der Waals surface area contributed by atoms with Crippen molar-refractivity contribution in [3.8, 4) is 0 Å². The molecule has 33 heavy (non-hydrogen) atoms. The largest absolute Gasteiger partial charge is 0.452 e. The Bertz CT molecular complexity index is 1240. The first-order valence-electron chi connectivity index (χ1n) is 9.80. The third-order valence-electron chi connectivity index (χ3n) is 4.67. The van der Waals surface area contributed by atoms with Crippen LogP contribution < -0.4 is 5.32 Å². The summed E-state index contributed by atoms with van der Waals surface area (Å²) in [6.07, 6.45) is 1.70. The molecule has 0 spiro atoms. The highest BCUT2D eigenvalue weighted by Crippen LogP contribution is 2.29. The molecular weight excluding hydrogens is 444 g/mol. The average Bonchev–Trinajstić information content (AvgIpc) is 2.81. The van der Waals surface area contributed by atoms with Crippen molar-refractivity contribution in [3.05, 3.63) is 99.1 Å². The molecule has 0 heterocycles. The maximum Gasteiger partial charge on any atom is 0.339 e. The number of ketones is 1. The molecule has 0 radical (unpaired) electrons. The van der Waals surface area contributed by atoms with Gasteiger partial charge in [0.15, 0.2) is 12.4 Å². The summed E-state index contributed by atoms with van der Waals surface area (Å²) < 4.78 is 5.10. The second-order valence-electron chi connectivity index (χ2n) is 7.01. The molecule has 0 saturated heterocycles. The standard InChI is InChI=1S/C24H20N2O6S/c1-15-6-5-7-17(12-15)25-22(27)14-32-24(29)19-9-4-3-8-18(19)23(28)16-10-11-21(33-2)20(13-16)26(30)31/h3-13H,14H2,1-2H3,(H,25,27). The molecule has 168 valence electrons. The number of thioether (sulfide) groups is 1. The smallest absolute Gasteiger partial charge is 0.339 e. The van der Waals surface area contributed by atoms with Crippen LogP contribution in [0.25, 0.3) is 0 Å². The molecule has 0 bridgehead atoms. The molecular formula is C24H20N2O6S. The van der Waals surface area contributed by atoms with E-state index in [0.29, 0.717) is 10.6 Å². The molecule has 0 aromatic heterocycles. The number of carbonyl (C=O) groups is 3. The Labute approximate surface area is 194 Å². The van der Waals surface area contributed by atoms with Gasteiger partial charge in [0.25, 0.3) is 11.6 Å². The highest BCUT2D eigenvalue weighted by atomic mass is 32.2. The van der Waals surface area contributed by atoms with E-state index in [0.717, 1.165) is 5.56 Å². The Morgan fingerprint density at radius 1 is 1.00 bits per heavy atom. The number of benzene rings is 3. The van der Waals surface area contributed by atoms with E-state index >= 15 is 0 Å². The summed E-state index contributed by atoms with van der Waals surface area (Å²) in [5, 5.41) is 14.0. The molecule has 1 N–H and O–H groups in total. The number of hydrogen-bond acceptors (Lipinski definition) is 7. The summed E-state index contributed by atoms with van der Waals surface area (Å²) in [4.78, 5) is 49.0. The number of aryl methyl sites for hydroxylation is 1. The monoisotopic (exact) mass is 464 g/mol. The SMILES string of the molecule is CSc1ccc(C(=O)c2ccccc2C(=O)OCC(=O)Nc2cccc(C)c2)cc1[N+](=O)[O-]. The van der Waals surface area contributed by atoms with E-state index in [9.17, 15) is 24.5 Å². The number of rotatable bonds is 8. The van der Waals surface area contributed by atoms with Crippen LogP contribution in [0, 0.1) is 17.0 Å². The van der Waals surface area contributed by atoms with Crippen LogP contribution in [0.3, 0.4) is 0 Å². The number of hydrogen-bond donors (Lipinski definition) is 1. The lowest BCUT2D eigenvalue weighted by molar-refractivity contribution is -0.387. The van der Waals surface area contributed by atoms with Gasteiger partial charge in [0.05, 0.1) is 15.4 Å². The van der Waals surface area contributed by atoms with Gasteiger partial charge in [-0.1, -0.05) is 30.3 Å². The van der Waals surface area contributed by atoms with Crippen LogP contribution >= 0.6 is 11.8 Å². The maximum absolute atomic E-state index is 13.0. The summed E-state index contributed by atoms with van der Waals surface area (Å²) in [5.41, 5.74) is 1.39. The van der Waals surface area contributed by atoms with Gasteiger partial charge in [-0.15, -0.1) is 11.8 Å². The summed E-state index contributed by atoms with van der Waals surface area (Å²) in [6, 6.07) is 17.3. The number of anilines is 1. The topological polar surface area (TPSA) is 116 Å². The molecule has 0 unspecified atom stereocenters. The number of amides is 1. The lowest BCUT2D eigenvalue weighted by Crippen LogP contribution is -2.22. The molecule has 3 aromatic carbocycles. The molecule has 0 aliphatic rings. The zero-order valence-electron chi connectivity index (χ0n) is 17.9. The predicted octanol–water partition coefficient (Wildman–Crippen LogP) is 4.65. The van der Waals surface area contributed by atoms with Crippen LogP contribution in [0.5, 0.6) is 0 Å². The molecule has 1 amide bonds. The van der Waals surface area contributed by atoms with E-state index in [1.165, 1.54) is 42.1 Å². The zero-order valence-corrected chi connectivity index (χ0v) is 18.7. The minimum atomic E-state index is -0.853. The van der Waals surface area contributed by atoms with Gasteiger partial charge >= 0.3 is 5.97 Å². The fourth-order valence-corrected chi connectivity index (χ4v) is 3.66. The molecule has 0 aliphatic carbocycles. The first kappa shape index (κ1) is 23.7. The van der Waals surface area contributed by atoms with Crippen LogP contribution in [0.2, 0.25) is 0 Å². The van der Waals surface area contributed by atoms with Crippen LogP contribution in [0.4, 0.5) is 11.4 Å². The van der Waals surface area contributed by atoms with E-state index in [-0.39, 0.29) is 22.4 Å². The highest BCUT2D eigenvalue weighted by molar-refractivity contribution is 7.98. The molecule has 0 atom stereocenters. The normalized spacial score (nSPS) is 10.4. The van der Waals surface area contributed by atoms with Gasteiger partial charge in [0.1, 0.15) is 0 Å². The first-order valence-corrected chi connectivity index (χ1v) is 11.0. The Morgan fingerprint density at radius 2 is 1.73 bits per heavy atom. The fourth-order valence-electron chi connectivity index (χ4n) is 3.12. The zero-order chi connectivity index (χ0) is 24.0. The van der Waals surface area contributed by atoms with Gasteiger partial charge in [-0.25, -0.2) is 4.79 Å². The number of nitro benzene ring substituents is 1. The predicted molar refractivity (Wildman–Crippen MR) is 125 cm³/mol. The number of ether oxygens (including phenoxy) is 1. The highest BCUT2D eigenvalue weighted by Gasteiger charge is 2.23. The third kappa shape index (κ3) is 5.83. The van der Waals surface area contributed by atoms with Crippen LogP contribution in [0.1, 0.15) is 31.8 Å². The van der Waals surface area contributed by atoms with E-state index in [2.05, 4.69) is 5.32 Å². The van der Waals surface area contributed by atoms with E-state index in [4.69, 9.17) is 4.74 Å². The number of carbonyl (C=O) groups excluding carboxylic acids is 3. The van der Waals surface area contributed by atoms with Crippen LogP contribution in [0.15, 0.2) is 71.6 Å². The number of nitrogens with zero attached hydrogens (tertiary/aromatic N) is 1. The van der Waals surface area contributed by atoms with Crippen molar-refractivity contribution in [2.24, 2.45) is 0 Å². The summed E-state index contributed by atoms with van der Waals surface area (Å²) in [6.45, 7) is 1.34. The van der Waals surface area contributed by atoms with Gasteiger partial charge in [0.2, 0.25) is 0 Å². The maximum atomic E-state index is 13.0. The molecule has 0 fully saturated rings. The Morgan fingerprint density at radius 3 is 2.39 bits per heavy atom. The summed E-state index contributed by atoms with van der Waals surface area (Å²) in [5.74, 6) is -1.95. The molecule has 0 saturated carbocycles. The Kier molecular flexibility index (Phi) is 7.57. The summed E-state index contributed by atoms with van der Waals surface area (Å²) in [7, 11) is 0. The lowest BCUT2D eigenvalue weighted by Gasteiger charge is -2.10. The molecule has 8 nitrogen and oxygen atoms in total. The molecule has 3 aromatic rings. The van der Waals surface area contributed by atoms with Gasteiger partial charge in [-0.2, -0.15) is 0 Å². The fraction of sp³-hybridized carbons (Fsp3) is 0.125. The van der Waals surface area contributed by atoms with E-state index < -0.39 is 29.2 Å². The van der Waals surface area contributed by atoms with Crippen LogP contribution in [-0.4, -0.2) is 35.4 Å². The summed E-state index contributed by atoms with van der Waals surface area (Å²) >= 11 is 1.19. The van der Waals surface area contributed by atoms with Gasteiger partial charge in [-0.05, 0) is 49.1 Å². The third-order valence-corrected chi connectivity index (χ3v) is 5.45. The minimum absolute atomic E-state index is 0.0211. The number of esters is 1. The van der Waals surface area contributed by atoms with Crippen molar-refractivity contribution < 1.29 is 24.0 Å². The Balaban J connectivity index is 1.76. The van der Waals surface area contributed by atoms with Gasteiger partial charge in [-0.3, -0.25) is 19.7 Å². The van der Waals surface area contributed by atoms with Gasteiger partial charge < -0.3 is 10.1 Å². The van der Waals surface area contributed by atoms with Crippen LogP contribution in [-0.2, 0) is 9.53 Å². The Hall–Kier alpha value is -3.98. The van der Waals surface area contributed by atoms with Crippen molar-refractivity contribution in [3.63, 3.8) is 0 Å². The lowest BCUT2D eigenvalue weighted by atomic mass is 9.98. The van der Waals surface area contributed by atoms with E-state index in [1.54, 1.807) is 36.6 Å². The van der Waals surface area contributed by atoms with Crippen molar-refractivity contribution in [1.82, 2.24) is 0 Å². The van der Waals surface area contributed by atoms with Crippen molar-refractivity contribution in [2.45, 2.75) is 11.8 Å². The second kappa shape index (κ2) is 10.6. The number of nitro groups is 1. The first-order chi connectivity index (χ1) is 15.8. The number of nitrogens with one attached hydrogen (secondary N) is 1. The molecule has 9 heteroatoms. The van der Waals surface area contributed by atoms with Crippen molar-refractivity contribution in [2.75, 3.05) is 18.2 Å². The molecule has 3 rings (SSSR count). The quantitative estimate of drug-likeness (QED) is 0.170. The van der Waals surface area contributed by atoms with Crippen molar-refractivity contribution in [1.29, 1.82) is 0 Å². The van der Waals surface area contributed by atoms with Gasteiger partial charge in [0, 0.05) is 22.9 Å². The molecule has 0 aliphatic heterocycles. The average molecular weight is 464 g/mol. The van der Waals surface area contributed by atoms with Crippen molar-refractivity contribution >= 4 is 40.8 Å². The van der Waals surface area contributed by atoms with E-state index in [1.807, 2.05) is 13.0 Å². The second-order valence-corrected chi connectivity index (χ2v) is 7.86. The minimum Gasteiger partial charge on any atom is -0.452 e.